The lowest BCUT2D eigenvalue weighted by Crippen LogP contribution is -2.18. The van der Waals surface area contributed by atoms with Crippen LogP contribution in [0.4, 0.5) is 0 Å². The number of guanidine groups is 1. The maximum absolute atomic E-state index is 7.07. The first-order valence-corrected chi connectivity index (χ1v) is 2.43. The minimum absolute atomic E-state index is 0.285. The van der Waals surface area contributed by atoms with Crippen LogP contribution in [-0.2, 0) is 0 Å². The second kappa shape index (κ2) is 3.18. The predicted molar refractivity (Wildman–Crippen MR) is 35.6 cm³/mol. The standard InChI is InChI=1S/C5H11N3/c1-4-7-5(6)8(2)3/h4,6H,1-3H3/b6-5?,7-4-. The van der Waals surface area contributed by atoms with Crippen LogP contribution in [0.1, 0.15) is 6.92 Å². The smallest absolute Gasteiger partial charge is 0.216 e. The molecule has 0 amide bonds. The van der Waals surface area contributed by atoms with E-state index in [0.29, 0.717) is 0 Å². The summed E-state index contributed by atoms with van der Waals surface area (Å²) in [6.07, 6.45) is 1.60. The molecule has 3 nitrogen and oxygen atoms in total. The summed E-state index contributed by atoms with van der Waals surface area (Å²) in [4.78, 5) is 5.35. The zero-order valence-corrected chi connectivity index (χ0v) is 5.47. The second-order valence-corrected chi connectivity index (χ2v) is 1.61. The molecule has 0 bridgehead atoms. The van der Waals surface area contributed by atoms with Crippen LogP contribution < -0.4 is 0 Å². The molecule has 0 aliphatic carbocycles. The van der Waals surface area contributed by atoms with Gasteiger partial charge in [0.1, 0.15) is 0 Å². The van der Waals surface area contributed by atoms with E-state index in [9.17, 15) is 0 Å². The van der Waals surface area contributed by atoms with Crippen LogP contribution in [0.25, 0.3) is 0 Å². The Kier molecular flexibility index (Phi) is 2.84. The summed E-state index contributed by atoms with van der Waals surface area (Å²) in [6, 6.07) is 0. The maximum atomic E-state index is 7.07. The number of rotatable bonds is 0. The maximum Gasteiger partial charge on any atom is 0.216 e. The Hall–Kier alpha value is -0.860. The Morgan fingerprint density at radius 3 is 2.25 bits per heavy atom. The van der Waals surface area contributed by atoms with E-state index >= 15 is 0 Å². The topological polar surface area (TPSA) is 39.5 Å². The number of nitrogens with one attached hydrogen (secondary N) is 1. The molecule has 0 unspecified atom stereocenters. The van der Waals surface area contributed by atoms with Gasteiger partial charge in [-0.05, 0) is 6.92 Å². The van der Waals surface area contributed by atoms with Crippen LogP contribution in [0.5, 0.6) is 0 Å². The number of aliphatic imine (C=N–C) groups is 1. The van der Waals surface area contributed by atoms with E-state index < -0.39 is 0 Å². The minimum atomic E-state index is 0.285. The van der Waals surface area contributed by atoms with E-state index in [1.165, 1.54) is 0 Å². The second-order valence-electron chi connectivity index (χ2n) is 1.61. The van der Waals surface area contributed by atoms with Crippen LogP contribution in [0.2, 0.25) is 0 Å². The highest BCUT2D eigenvalue weighted by Gasteiger charge is 1.89. The molecule has 0 aliphatic rings. The van der Waals surface area contributed by atoms with Gasteiger partial charge in [0.15, 0.2) is 0 Å². The summed E-state index contributed by atoms with van der Waals surface area (Å²) >= 11 is 0. The fourth-order valence-corrected chi connectivity index (χ4v) is 0.238. The van der Waals surface area contributed by atoms with E-state index in [4.69, 9.17) is 5.41 Å². The van der Waals surface area contributed by atoms with Crippen molar-refractivity contribution >= 4 is 12.2 Å². The SMILES string of the molecule is C/C=N\C(=N)N(C)C. The molecule has 3 heteroatoms. The van der Waals surface area contributed by atoms with Crippen LogP contribution in [0, 0.1) is 5.41 Å². The van der Waals surface area contributed by atoms with Crippen molar-refractivity contribution in [2.24, 2.45) is 4.99 Å². The third kappa shape index (κ3) is 2.34. The number of hydrogen-bond donors (Lipinski definition) is 1. The van der Waals surface area contributed by atoms with Crippen molar-refractivity contribution in [3.05, 3.63) is 0 Å². The van der Waals surface area contributed by atoms with Gasteiger partial charge in [-0.15, -0.1) is 0 Å². The largest absolute Gasteiger partial charge is 0.347 e. The van der Waals surface area contributed by atoms with Crippen molar-refractivity contribution in [1.82, 2.24) is 4.90 Å². The molecular weight excluding hydrogens is 102 g/mol. The summed E-state index contributed by atoms with van der Waals surface area (Å²) in [7, 11) is 3.57. The average molecular weight is 113 g/mol. The summed E-state index contributed by atoms with van der Waals surface area (Å²) in [5.74, 6) is 0.285. The van der Waals surface area contributed by atoms with E-state index in [0.717, 1.165) is 0 Å². The van der Waals surface area contributed by atoms with Crippen molar-refractivity contribution < 1.29 is 0 Å². The van der Waals surface area contributed by atoms with Gasteiger partial charge in [0.25, 0.3) is 0 Å². The summed E-state index contributed by atoms with van der Waals surface area (Å²) < 4.78 is 0. The molecule has 8 heavy (non-hydrogen) atoms. The van der Waals surface area contributed by atoms with Crippen molar-refractivity contribution in [1.29, 1.82) is 5.41 Å². The number of nitrogens with zero attached hydrogens (tertiary/aromatic N) is 2. The molecule has 0 aromatic carbocycles. The summed E-state index contributed by atoms with van der Waals surface area (Å²) in [5.41, 5.74) is 0. The first-order chi connectivity index (χ1) is 3.68. The summed E-state index contributed by atoms with van der Waals surface area (Å²) in [6.45, 7) is 1.79. The molecule has 46 valence electrons. The van der Waals surface area contributed by atoms with Gasteiger partial charge in [-0.3, -0.25) is 5.41 Å². The first-order valence-electron chi connectivity index (χ1n) is 2.43. The quantitative estimate of drug-likeness (QED) is 0.362. The molecule has 0 aromatic heterocycles. The highest BCUT2D eigenvalue weighted by Crippen LogP contribution is 1.77. The Morgan fingerprint density at radius 1 is 1.62 bits per heavy atom. The molecule has 0 aliphatic heterocycles. The Labute approximate surface area is 49.5 Å². The fraction of sp³-hybridized carbons (Fsp3) is 0.600. The average Bonchev–Trinajstić information content (AvgIpc) is 1.67. The Bertz CT molecular complexity index is 104. The molecular formula is C5H11N3. The van der Waals surface area contributed by atoms with Crippen molar-refractivity contribution in [3.8, 4) is 0 Å². The van der Waals surface area contributed by atoms with Gasteiger partial charge in [0.05, 0.1) is 0 Å². The monoisotopic (exact) mass is 113 g/mol. The van der Waals surface area contributed by atoms with Crippen LogP contribution >= 0.6 is 0 Å². The normalized spacial score (nSPS) is 9.88. The van der Waals surface area contributed by atoms with Gasteiger partial charge in [0.2, 0.25) is 5.96 Å². The molecule has 0 saturated carbocycles. The Morgan fingerprint density at radius 2 is 2.12 bits per heavy atom. The van der Waals surface area contributed by atoms with Gasteiger partial charge in [-0.2, -0.15) is 0 Å². The van der Waals surface area contributed by atoms with Crippen LogP contribution in [-0.4, -0.2) is 31.2 Å². The van der Waals surface area contributed by atoms with E-state index in [1.807, 2.05) is 0 Å². The van der Waals surface area contributed by atoms with Gasteiger partial charge in [-0.1, -0.05) is 0 Å². The molecule has 0 radical (unpaired) electrons. The Balaban J connectivity index is 3.66. The lowest BCUT2D eigenvalue weighted by molar-refractivity contribution is 0.610. The van der Waals surface area contributed by atoms with Gasteiger partial charge < -0.3 is 4.90 Å². The highest BCUT2D eigenvalue weighted by atomic mass is 15.2. The molecule has 0 heterocycles. The third-order valence-corrected chi connectivity index (χ3v) is 0.675. The van der Waals surface area contributed by atoms with Gasteiger partial charge in [0, 0.05) is 20.3 Å². The van der Waals surface area contributed by atoms with Crippen molar-refractivity contribution in [2.45, 2.75) is 6.92 Å². The fourth-order valence-electron chi connectivity index (χ4n) is 0.238. The third-order valence-electron chi connectivity index (χ3n) is 0.675. The molecule has 0 atom stereocenters. The van der Waals surface area contributed by atoms with Gasteiger partial charge >= 0.3 is 0 Å². The zero-order valence-electron chi connectivity index (χ0n) is 5.47. The van der Waals surface area contributed by atoms with Crippen LogP contribution in [0.15, 0.2) is 4.99 Å². The lowest BCUT2D eigenvalue weighted by atomic mass is 10.8. The number of hydrogen-bond acceptors (Lipinski definition) is 1. The predicted octanol–water partition coefficient (Wildman–Crippen LogP) is 0.573. The zero-order chi connectivity index (χ0) is 6.57. The highest BCUT2D eigenvalue weighted by molar-refractivity contribution is 5.84. The van der Waals surface area contributed by atoms with E-state index in [1.54, 1.807) is 32.1 Å². The van der Waals surface area contributed by atoms with Crippen molar-refractivity contribution in [2.75, 3.05) is 14.1 Å². The molecule has 0 spiro atoms. The molecule has 0 fully saturated rings. The van der Waals surface area contributed by atoms with Gasteiger partial charge in [-0.25, -0.2) is 4.99 Å². The van der Waals surface area contributed by atoms with E-state index in [2.05, 4.69) is 4.99 Å². The minimum Gasteiger partial charge on any atom is -0.347 e. The molecule has 0 aromatic rings. The van der Waals surface area contributed by atoms with Crippen LogP contribution in [0.3, 0.4) is 0 Å². The van der Waals surface area contributed by atoms with Crippen molar-refractivity contribution in [3.63, 3.8) is 0 Å². The summed E-state index contributed by atoms with van der Waals surface area (Å²) in [5, 5.41) is 7.07. The molecule has 1 N–H and O–H groups in total. The first kappa shape index (κ1) is 7.14. The molecule has 0 rings (SSSR count). The molecule has 0 saturated heterocycles. The lowest BCUT2D eigenvalue weighted by Gasteiger charge is -2.06. The van der Waals surface area contributed by atoms with E-state index in [-0.39, 0.29) is 5.96 Å².